The van der Waals surface area contributed by atoms with Gasteiger partial charge in [0.05, 0.1) is 12.8 Å². The van der Waals surface area contributed by atoms with E-state index in [0.717, 1.165) is 5.56 Å². The van der Waals surface area contributed by atoms with Crippen molar-refractivity contribution in [2.75, 3.05) is 12.1 Å². The molecule has 0 bridgehead atoms. The minimum atomic E-state index is -0.479. The van der Waals surface area contributed by atoms with Crippen LogP contribution in [0.15, 0.2) is 48.0 Å². The van der Waals surface area contributed by atoms with Crippen molar-refractivity contribution < 1.29 is 19.4 Å². The van der Waals surface area contributed by atoms with E-state index in [-0.39, 0.29) is 17.1 Å². The van der Waals surface area contributed by atoms with Gasteiger partial charge in [-0.15, -0.1) is 0 Å². The van der Waals surface area contributed by atoms with E-state index in [1.165, 1.54) is 24.3 Å². The number of ether oxygens (including phenoxy) is 1. The Morgan fingerprint density at radius 1 is 1.12 bits per heavy atom. The summed E-state index contributed by atoms with van der Waals surface area (Å²) in [6.45, 7) is 1.94. The number of carbonyl (C=O) groups is 2. The molecule has 0 radical (unpaired) electrons. The van der Waals surface area contributed by atoms with E-state index in [0.29, 0.717) is 11.3 Å². The first kappa shape index (κ1) is 15.6. The van der Waals surface area contributed by atoms with E-state index in [1.54, 1.807) is 24.3 Å². The quantitative estimate of drug-likeness (QED) is 0.670. The van der Waals surface area contributed by atoms with Gasteiger partial charge in [0, 0.05) is 0 Å². The third-order valence-electron chi connectivity index (χ3n) is 3.70. The molecule has 2 aromatic rings. The summed E-state index contributed by atoms with van der Waals surface area (Å²) >= 11 is 0. The van der Waals surface area contributed by atoms with E-state index in [9.17, 15) is 14.7 Å². The lowest BCUT2D eigenvalue weighted by atomic mass is 10.1. The van der Waals surface area contributed by atoms with Crippen molar-refractivity contribution in [2.45, 2.75) is 6.92 Å². The van der Waals surface area contributed by atoms with Crippen molar-refractivity contribution in [3.8, 4) is 11.5 Å². The first-order valence-corrected chi connectivity index (χ1v) is 7.30. The van der Waals surface area contributed by atoms with Crippen LogP contribution in [0.3, 0.4) is 0 Å². The number of phenolic OH excluding ortho intramolecular Hbond substituents is 1. The molecule has 2 N–H and O–H groups in total. The molecule has 1 heterocycles. The van der Waals surface area contributed by atoms with Crippen molar-refractivity contribution in [2.24, 2.45) is 0 Å². The molecule has 1 aliphatic heterocycles. The first-order valence-electron chi connectivity index (χ1n) is 7.30. The van der Waals surface area contributed by atoms with Gasteiger partial charge in [-0.2, -0.15) is 0 Å². The lowest BCUT2D eigenvalue weighted by Crippen LogP contribution is -2.35. The van der Waals surface area contributed by atoms with Gasteiger partial charge in [0.2, 0.25) is 0 Å². The zero-order chi connectivity index (χ0) is 17.3. The van der Waals surface area contributed by atoms with Crippen molar-refractivity contribution >= 4 is 23.6 Å². The summed E-state index contributed by atoms with van der Waals surface area (Å²) in [5, 5.41) is 10.8. The van der Waals surface area contributed by atoms with Crippen LogP contribution in [0.1, 0.15) is 11.1 Å². The second kappa shape index (κ2) is 6.08. The second-order valence-electron chi connectivity index (χ2n) is 5.41. The number of hydrazine groups is 1. The van der Waals surface area contributed by atoms with Crippen LogP contribution in [0.2, 0.25) is 0 Å². The molecule has 1 fully saturated rings. The molecule has 0 unspecified atom stereocenters. The summed E-state index contributed by atoms with van der Waals surface area (Å²) in [5.41, 5.74) is 4.79. The Morgan fingerprint density at radius 2 is 1.83 bits per heavy atom. The van der Waals surface area contributed by atoms with Gasteiger partial charge >= 0.3 is 0 Å². The Balaban J connectivity index is 1.93. The van der Waals surface area contributed by atoms with Crippen LogP contribution in [-0.4, -0.2) is 24.0 Å². The molecular weight excluding hydrogens is 308 g/mol. The summed E-state index contributed by atoms with van der Waals surface area (Å²) in [6.07, 6.45) is 1.47. The fraction of sp³-hybridized carbons (Fsp3) is 0.111. The van der Waals surface area contributed by atoms with Crippen molar-refractivity contribution in [1.82, 2.24) is 5.43 Å². The molecule has 0 saturated carbocycles. The number of amides is 2. The number of aryl methyl sites for hydroxylation is 1. The van der Waals surface area contributed by atoms with E-state index in [1.807, 2.05) is 19.1 Å². The molecule has 0 spiro atoms. The maximum absolute atomic E-state index is 12.5. The van der Waals surface area contributed by atoms with Crippen molar-refractivity contribution in [3.63, 3.8) is 0 Å². The fourth-order valence-corrected chi connectivity index (χ4v) is 2.38. The molecule has 2 amide bonds. The molecule has 0 atom stereocenters. The lowest BCUT2D eigenvalue weighted by Gasteiger charge is -2.14. The number of methoxy groups -OCH3 is 1. The third kappa shape index (κ3) is 2.81. The number of rotatable bonds is 3. The zero-order valence-corrected chi connectivity index (χ0v) is 13.2. The monoisotopic (exact) mass is 324 g/mol. The maximum Gasteiger partial charge on any atom is 0.282 e. The number of carbonyl (C=O) groups excluding carboxylic acids is 2. The Hall–Kier alpha value is -3.28. The summed E-state index contributed by atoms with van der Waals surface area (Å²) < 4.78 is 5.03. The lowest BCUT2D eigenvalue weighted by molar-refractivity contribution is -0.117. The summed E-state index contributed by atoms with van der Waals surface area (Å²) in [4.78, 5) is 24.7. The van der Waals surface area contributed by atoms with Crippen LogP contribution < -0.4 is 15.2 Å². The minimum Gasteiger partial charge on any atom is -0.504 e. The normalized spacial score (nSPS) is 15.8. The summed E-state index contributed by atoms with van der Waals surface area (Å²) in [6, 6.07) is 11.8. The first-order chi connectivity index (χ1) is 11.5. The van der Waals surface area contributed by atoms with Crippen molar-refractivity contribution in [3.05, 3.63) is 59.2 Å². The molecule has 6 nitrogen and oxygen atoms in total. The van der Waals surface area contributed by atoms with Crippen LogP contribution in [0, 0.1) is 6.92 Å². The predicted molar refractivity (Wildman–Crippen MR) is 89.4 cm³/mol. The van der Waals surface area contributed by atoms with E-state index < -0.39 is 11.8 Å². The number of anilines is 1. The van der Waals surface area contributed by atoms with E-state index in [2.05, 4.69) is 5.43 Å². The molecule has 2 aromatic carbocycles. The van der Waals surface area contributed by atoms with Crippen LogP contribution >= 0.6 is 0 Å². The van der Waals surface area contributed by atoms with Gasteiger partial charge in [-0.05, 0) is 42.8 Å². The largest absolute Gasteiger partial charge is 0.504 e. The summed E-state index contributed by atoms with van der Waals surface area (Å²) in [7, 11) is 1.43. The SMILES string of the molecule is COc1cc(C=C2C(=O)NN(c3ccc(C)cc3)C2=O)ccc1O. The number of phenols is 1. The molecule has 0 aliphatic carbocycles. The molecule has 1 saturated heterocycles. The highest BCUT2D eigenvalue weighted by atomic mass is 16.5. The summed E-state index contributed by atoms with van der Waals surface area (Å²) in [5.74, 6) is -0.655. The highest BCUT2D eigenvalue weighted by Crippen LogP contribution is 2.28. The number of nitrogens with zero attached hydrogens (tertiary/aromatic N) is 1. The highest BCUT2D eigenvalue weighted by Gasteiger charge is 2.34. The molecule has 0 aromatic heterocycles. The smallest absolute Gasteiger partial charge is 0.282 e. The van der Waals surface area contributed by atoms with Crippen LogP contribution in [0.5, 0.6) is 11.5 Å². The Kier molecular flexibility index (Phi) is 3.95. The van der Waals surface area contributed by atoms with Gasteiger partial charge < -0.3 is 9.84 Å². The van der Waals surface area contributed by atoms with Crippen LogP contribution in [0.25, 0.3) is 6.08 Å². The molecule has 6 heteroatoms. The number of benzene rings is 2. The van der Waals surface area contributed by atoms with Gasteiger partial charge in [0.1, 0.15) is 5.57 Å². The Morgan fingerprint density at radius 3 is 2.50 bits per heavy atom. The van der Waals surface area contributed by atoms with Gasteiger partial charge in [-0.3, -0.25) is 15.0 Å². The molecule has 1 aliphatic rings. The Bertz CT molecular complexity index is 841. The fourth-order valence-electron chi connectivity index (χ4n) is 2.38. The highest BCUT2D eigenvalue weighted by molar-refractivity contribution is 6.31. The number of hydrogen-bond donors (Lipinski definition) is 2. The van der Waals surface area contributed by atoms with E-state index in [4.69, 9.17) is 4.74 Å². The average molecular weight is 324 g/mol. The maximum atomic E-state index is 12.5. The average Bonchev–Trinajstić information content (AvgIpc) is 2.85. The predicted octanol–water partition coefficient (Wildman–Crippen LogP) is 2.17. The second-order valence-corrected chi connectivity index (χ2v) is 5.41. The molecule has 24 heavy (non-hydrogen) atoms. The number of aromatic hydroxyl groups is 1. The minimum absolute atomic E-state index is 0.0110. The zero-order valence-electron chi connectivity index (χ0n) is 13.2. The topological polar surface area (TPSA) is 78.9 Å². The van der Waals surface area contributed by atoms with Gasteiger partial charge in [-0.1, -0.05) is 23.8 Å². The molecule has 3 rings (SSSR count). The molecular formula is C18H16N2O4. The van der Waals surface area contributed by atoms with E-state index >= 15 is 0 Å². The molecule has 122 valence electrons. The number of nitrogens with one attached hydrogen (secondary N) is 1. The van der Waals surface area contributed by atoms with Gasteiger partial charge in [0.25, 0.3) is 11.8 Å². The van der Waals surface area contributed by atoms with Gasteiger partial charge in [-0.25, -0.2) is 5.01 Å². The van der Waals surface area contributed by atoms with Gasteiger partial charge in [0.15, 0.2) is 11.5 Å². The third-order valence-corrected chi connectivity index (χ3v) is 3.70. The standard InChI is InChI=1S/C18H16N2O4/c1-11-3-6-13(7-4-11)20-18(23)14(17(22)19-20)9-12-5-8-15(21)16(10-12)24-2/h3-10,21H,1-2H3,(H,19,22). The van der Waals surface area contributed by atoms with Crippen molar-refractivity contribution in [1.29, 1.82) is 0 Å². The van der Waals surface area contributed by atoms with Crippen LogP contribution in [-0.2, 0) is 9.59 Å². The van der Waals surface area contributed by atoms with Crippen LogP contribution in [0.4, 0.5) is 5.69 Å². The number of hydrogen-bond acceptors (Lipinski definition) is 4. The Labute approximate surface area is 138 Å².